The first-order chi connectivity index (χ1) is 10.6. The van der Waals surface area contributed by atoms with E-state index in [9.17, 15) is 9.59 Å². The second-order valence-electron chi connectivity index (χ2n) is 4.58. The molecule has 0 bridgehead atoms. The molecule has 0 aliphatic carbocycles. The summed E-state index contributed by atoms with van der Waals surface area (Å²) in [6.07, 6.45) is 0.344. The van der Waals surface area contributed by atoms with Crippen molar-refractivity contribution in [3.05, 3.63) is 45.6 Å². The maximum atomic E-state index is 11.9. The van der Waals surface area contributed by atoms with Crippen LogP contribution in [0.25, 0.3) is 10.2 Å². The molecule has 4 nitrogen and oxygen atoms in total. The topological polar surface area (TPSA) is 59.1 Å². The largest absolute Gasteiger partial charge is 0.302 e. The standard InChI is InChI=1S/C15H11ClN2O2S2/c16-9-3-4-10-13(8-9)22-15(17-10)18-14(20)6-5-11(19)12-2-1-7-21-12/h1-4,7-8H,5-6H2,(H,17,18,20). The fourth-order valence-corrected chi connectivity index (χ4v) is 3.77. The molecule has 22 heavy (non-hydrogen) atoms. The highest BCUT2D eigenvalue weighted by molar-refractivity contribution is 7.22. The van der Waals surface area contributed by atoms with Gasteiger partial charge in [0.05, 0.1) is 15.1 Å². The molecule has 0 spiro atoms. The minimum Gasteiger partial charge on any atom is -0.302 e. The zero-order valence-corrected chi connectivity index (χ0v) is 13.7. The summed E-state index contributed by atoms with van der Waals surface area (Å²) in [6.45, 7) is 0. The zero-order chi connectivity index (χ0) is 15.5. The van der Waals surface area contributed by atoms with E-state index < -0.39 is 0 Å². The summed E-state index contributed by atoms with van der Waals surface area (Å²) in [7, 11) is 0. The van der Waals surface area contributed by atoms with Gasteiger partial charge in [-0.25, -0.2) is 4.98 Å². The molecule has 3 aromatic rings. The molecule has 112 valence electrons. The second kappa shape index (κ2) is 6.56. The Labute approximate surface area is 139 Å². The van der Waals surface area contributed by atoms with E-state index in [0.29, 0.717) is 15.0 Å². The molecule has 3 rings (SSSR count). The summed E-state index contributed by atoms with van der Waals surface area (Å²) in [5.74, 6) is -0.226. The predicted molar refractivity (Wildman–Crippen MR) is 91.1 cm³/mol. The number of carbonyl (C=O) groups is 2. The maximum absolute atomic E-state index is 11.9. The summed E-state index contributed by atoms with van der Waals surface area (Å²) >= 11 is 8.67. The minimum atomic E-state index is -0.213. The van der Waals surface area contributed by atoms with Gasteiger partial charge in [-0.3, -0.25) is 9.59 Å². The van der Waals surface area contributed by atoms with Crippen LogP contribution < -0.4 is 5.32 Å². The number of nitrogens with zero attached hydrogens (tertiary/aromatic N) is 1. The first kappa shape index (κ1) is 15.1. The van der Waals surface area contributed by atoms with Gasteiger partial charge in [-0.05, 0) is 29.6 Å². The number of anilines is 1. The van der Waals surface area contributed by atoms with Gasteiger partial charge in [0.2, 0.25) is 5.91 Å². The summed E-state index contributed by atoms with van der Waals surface area (Å²) in [5.41, 5.74) is 0.791. The van der Waals surface area contributed by atoms with Gasteiger partial charge in [0.1, 0.15) is 0 Å². The Kier molecular flexibility index (Phi) is 4.52. The number of hydrogen-bond donors (Lipinski definition) is 1. The number of fused-ring (bicyclic) bond motifs is 1. The Morgan fingerprint density at radius 1 is 1.23 bits per heavy atom. The molecule has 0 unspecified atom stereocenters. The lowest BCUT2D eigenvalue weighted by Gasteiger charge is -2.00. The molecule has 1 N–H and O–H groups in total. The molecular weight excluding hydrogens is 340 g/mol. The van der Waals surface area contributed by atoms with Crippen LogP contribution in [-0.4, -0.2) is 16.7 Å². The van der Waals surface area contributed by atoms with Gasteiger partial charge in [0, 0.05) is 17.9 Å². The molecule has 0 radical (unpaired) electrons. The number of rotatable bonds is 5. The van der Waals surface area contributed by atoms with Crippen molar-refractivity contribution < 1.29 is 9.59 Å². The first-order valence-electron chi connectivity index (χ1n) is 6.54. The number of nitrogens with one attached hydrogen (secondary N) is 1. The Morgan fingerprint density at radius 3 is 2.86 bits per heavy atom. The van der Waals surface area contributed by atoms with Crippen molar-refractivity contribution in [1.29, 1.82) is 0 Å². The van der Waals surface area contributed by atoms with Crippen LogP contribution in [-0.2, 0) is 4.79 Å². The highest BCUT2D eigenvalue weighted by Gasteiger charge is 2.12. The molecule has 2 aromatic heterocycles. The van der Waals surface area contributed by atoms with Gasteiger partial charge in [-0.1, -0.05) is 29.0 Å². The van der Waals surface area contributed by atoms with Crippen LogP contribution in [0.3, 0.4) is 0 Å². The van der Waals surface area contributed by atoms with E-state index in [1.54, 1.807) is 12.1 Å². The van der Waals surface area contributed by atoms with Crippen molar-refractivity contribution in [1.82, 2.24) is 4.98 Å². The van der Waals surface area contributed by atoms with E-state index in [4.69, 9.17) is 11.6 Å². The first-order valence-corrected chi connectivity index (χ1v) is 8.62. The Morgan fingerprint density at radius 2 is 2.09 bits per heavy atom. The molecule has 0 saturated carbocycles. The molecule has 0 aliphatic rings. The van der Waals surface area contributed by atoms with E-state index in [1.807, 2.05) is 23.6 Å². The van der Waals surface area contributed by atoms with Gasteiger partial charge in [0.15, 0.2) is 10.9 Å². The SMILES string of the molecule is O=C(CCC(=O)c1cccs1)Nc1nc2ccc(Cl)cc2s1. The van der Waals surface area contributed by atoms with Crippen molar-refractivity contribution in [2.45, 2.75) is 12.8 Å². The Hall–Kier alpha value is -1.76. The third kappa shape index (κ3) is 3.52. The lowest BCUT2D eigenvalue weighted by molar-refractivity contribution is -0.116. The third-order valence-electron chi connectivity index (χ3n) is 2.97. The molecule has 0 saturated heterocycles. The lowest BCUT2D eigenvalue weighted by atomic mass is 10.2. The smallest absolute Gasteiger partial charge is 0.226 e. The molecule has 1 amide bonds. The second-order valence-corrected chi connectivity index (χ2v) is 6.99. The average molecular weight is 351 g/mol. The number of benzene rings is 1. The highest BCUT2D eigenvalue weighted by Crippen LogP contribution is 2.28. The van der Waals surface area contributed by atoms with E-state index >= 15 is 0 Å². The number of ketones is 1. The summed E-state index contributed by atoms with van der Waals surface area (Å²) in [6, 6.07) is 8.97. The monoisotopic (exact) mass is 350 g/mol. The van der Waals surface area contributed by atoms with E-state index in [2.05, 4.69) is 10.3 Å². The summed E-state index contributed by atoms with van der Waals surface area (Å²) in [5, 5.41) is 5.73. The van der Waals surface area contributed by atoms with Crippen LogP contribution in [0.2, 0.25) is 5.02 Å². The van der Waals surface area contributed by atoms with Crippen molar-refractivity contribution in [2.24, 2.45) is 0 Å². The number of thiazole rings is 1. The van der Waals surface area contributed by atoms with Crippen molar-refractivity contribution in [3.63, 3.8) is 0 Å². The molecular formula is C15H11ClN2O2S2. The number of thiophene rings is 1. The number of amides is 1. The van der Waals surface area contributed by atoms with E-state index in [-0.39, 0.29) is 24.5 Å². The number of aromatic nitrogens is 1. The highest BCUT2D eigenvalue weighted by atomic mass is 35.5. The average Bonchev–Trinajstić information content (AvgIpc) is 3.13. The van der Waals surface area contributed by atoms with Crippen molar-refractivity contribution in [2.75, 3.05) is 5.32 Å². The lowest BCUT2D eigenvalue weighted by Crippen LogP contribution is -2.12. The fraction of sp³-hybridized carbons (Fsp3) is 0.133. The molecule has 0 aliphatic heterocycles. The zero-order valence-electron chi connectivity index (χ0n) is 11.3. The van der Waals surface area contributed by atoms with Gasteiger partial charge in [-0.2, -0.15) is 0 Å². The van der Waals surface area contributed by atoms with Gasteiger partial charge in [-0.15, -0.1) is 11.3 Å². The summed E-state index contributed by atoms with van der Waals surface area (Å²) in [4.78, 5) is 28.8. The van der Waals surface area contributed by atoms with Gasteiger partial charge < -0.3 is 5.32 Å². The predicted octanol–water partition coefficient (Wildman–Crippen LogP) is 4.61. The number of Topliss-reactive ketones (excluding diaryl/α,β-unsaturated/α-hetero) is 1. The minimum absolute atomic E-state index is 0.0127. The van der Waals surface area contributed by atoms with Gasteiger partial charge in [0.25, 0.3) is 0 Å². The molecule has 0 fully saturated rings. The van der Waals surface area contributed by atoms with Crippen molar-refractivity contribution in [3.8, 4) is 0 Å². The fourth-order valence-electron chi connectivity index (χ4n) is 1.92. The van der Waals surface area contributed by atoms with Crippen LogP contribution in [0.15, 0.2) is 35.7 Å². The molecule has 7 heteroatoms. The third-order valence-corrected chi connectivity index (χ3v) is 5.05. The van der Waals surface area contributed by atoms with E-state index in [0.717, 1.165) is 10.2 Å². The maximum Gasteiger partial charge on any atom is 0.226 e. The number of carbonyl (C=O) groups excluding carboxylic acids is 2. The summed E-state index contributed by atoms with van der Waals surface area (Å²) < 4.78 is 0.914. The van der Waals surface area contributed by atoms with E-state index in [1.165, 1.54) is 22.7 Å². The van der Waals surface area contributed by atoms with Crippen LogP contribution in [0.5, 0.6) is 0 Å². The normalized spacial score (nSPS) is 10.8. The Balaban J connectivity index is 1.59. The van der Waals surface area contributed by atoms with Crippen LogP contribution in [0.4, 0.5) is 5.13 Å². The van der Waals surface area contributed by atoms with Crippen LogP contribution in [0, 0.1) is 0 Å². The van der Waals surface area contributed by atoms with Crippen molar-refractivity contribution >= 4 is 61.3 Å². The van der Waals surface area contributed by atoms with Crippen LogP contribution in [0.1, 0.15) is 22.5 Å². The Bertz CT molecular complexity index is 827. The van der Waals surface area contributed by atoms with Crippen LogP contribution >= 0.6 is 34.3 Å². The quantitative estimate of drug-likeness (QED) is 0.683. The van der Waals surface area contributed by atoms with Gasteiger partial charge >= 0.3 is 0 Å². The number of halogens is 1. The molecule has 2 heterocycles. The molecule has 0 atom stereocenters. The number of hydrogen-bond acceptors (Lipinski definition) is 5. The molecule has 1 aromatic carbocycles.